The van der Waals surface area contributed by atoms with E-state index in [0.717, 1.165) is 45.6 Å². The van der Waals surface area contributed by atoms with Gasteiger partial charge < -0.3 is 14.7 Å². The Labute approximate surface area is 216 Å². The molecule has 0 spiro atoms. The third-order valence-corrected chi connectivity index (χ3v) is 8.02. The fraction of sp³-hybridized carbons (Fsp3) is 0.517. The Morgan fingerprint density at radius 1 is 1.03 bits per heavy atom. The molecule has 7 heteroatoms. The number of carbonyl (C=O) groups is 1. The number of benzene rings is 2. The molecule has 0 aliphatic carbocycles. The first-order valence-electron chi connectivity index (χ1n) is 13.4. The van der Waals surface area contributed by atoms with Crippen molar-refractivity contribution >= 4 is 13.0 Å². The molecule has 190 valence electrons. The highest BCUT2D eigenvalue weighted by atomic mass is 16.2. The standard InChI is InChI=1S/C29H39BN4O2/c1-22(2)27-21-32(17-18-34(27)28(35)19-23-13-15-33(16-14-23)30(3)36)29(25-7-5-4-6-8-25)26-11-9-24(20-31)10-12-26/h4-12,22-23,27,29,36H,13-19,21H2,1-3H3/t27-,29?/m1/s1. The van der Waals surface area contributed by atoms with Crippen LogP contribution in [0.1, 0.15) is 55.8 Å². The molecule has 2 aromatic carbocycles. The van der Waals surface area contributed by atoms with Crippen LogP contribution in [0.15, 0.2) is 54.6 Å². The van der Waals surface area contributed by atoms with Gasteiger partial charge in [-0.15, -0.1) is 0 Å². The van der Waals surface area contributed by atoms with Gasteiger partial charge in [0.15, 0.2) is 0 Å². The van der Waals surface area contributed by atoms with Crippen molar-refractivity contribution in [2.24, 2.45) is 11.8 Å². The molecule has 4 rings (SSSR count). The van der Waals surface area contributed by atoms with Crippen molar-refractivity contribution in [1.29, 1.82) is 5.26 Å². The maximum atomic E-state index is 13.5. The third-order valence-electron chi connectivity index (χ3n) is 8.02. The highest BCUT2D eigenvalue weighted by Gasteiger charge is 2.37. The van der Waals surface area contributed by atoms with Crippen molar-refractivity contribution < 1.29 is 9.82 Å². The second kappa shape index (κ2) is 12.1. The lowest BCUT2D eigenvalue weighted by molar-refractivity contribution is -0.139. The Morgan fingerprint density at radius 2 is 1.67 bits per heavy atom. The molecule has 0 saturated carbocycles. The number of rotatable bonds is 7. The number of carbonyl (C=O) groups excluding carboxylic acids is 1. The predicted molar refractivity (Wildman–Crippen MR) is 144 cm³/mol. The lowest BCUT2D eigenvalue weighted by atomic mass is 9.80. The molecule has 2 heterocycles. The fourth-order valence-electron chi connectivity index (χ4n) is 5.83. The zero-order chi connectivity index (χ0) is 25.7. The van der Waals surface area contributed by atoms with E-state index >= 15 is 0 Å². The lowest BCUT2D eigenvalue weighted by Gasteiger charge is -2.47. The van der Waals surface area contributed by atoms with Gasteiger partial charge in [-0.2, -0.15) is 5.26 Å². The van der Waals surface area contributed by atoms with E-state index < -0.39 is 7.05 Å². The molecule has 2 saturated heterocycles. The summed E-state index contributed by atoms with van der Waals surface area (Å²) in [5.74, 6) is 1.03. The van der Waals surface area contributed by atoms with Gasteiger partial charge in [0.1, 0.15) is 0 Å². The molecule has 6 nitrogen and oxygen atoms in total. The maximum absolute atomic E-state index is 13.5. The van der Waals surface area contributed by atoms with Gasteiger partial charge in [0.2, 0.25) is 5.91 Å². The van der Waals surface area contributed by atoms with Gasteiger partial charge >= 0.3 is 7.05 Å². The van der Waals surface area contributed by atoms with E-state index in [2.05, 4.69) is 70.9 Å². The molecule has 2 aliphatic rings. The van der Waals surface area contributed by atoms with Gasteiger partial charge in [-0.1, -0.05) is 56.3 Å². The average molecular weight is 486 g/mol. The summed E-state index contributed by atoms with van der Waals surface area (Å²) in [4.78, 5) is 20.2. The van der Waals surface area contributed by atoms with Crippen LogP contribution in [0, 0.1) is 23.2 Å². The molecule has 36 heavy (non-hydrogen) atoms. The molecule has 0 aromatic heterocycles. The summed E-state index contributed by atoms with van der Waals surface area (Å²) in [6.45, 7) is 10.3. The second-order valence-corrected chi connectivity index (χ2v) is 10.8. The highest BCUT2D eigenvalue weighted by molar-refractivity contribution is 6.45. The summed E-state index contributed by atoms with van der Waals surface area (Å²) in [7, 11) is -0.409. The first-order chi connectivity index (χ1) is 17.4. The highest BCUT2D eigenvalue weighted by Crippen LogP contribution is 2.33. The van der Waals surface area contributed by atoms with E-state index in [1.54, 1.807) is 0 Å². The Hall–Kier alpha value is -2.66. The first kappa shape index (κ1) is 26.4. The Bertz CT molecular complexity index is 1030. The van der Waals surface area contributed by atoms with E-state index in [1.165, 1.54) is 11.1 Å². The molecular weight excluding hydrogens is 447 g/mol. The lowest BCUT2D eigenvalue weighted by Crippen LogP contribution is -2.58. The van der Waals surface area contributed by atoms with E-state index in [4.69, 9.17) is 0 Å². The van der Waals surface area contributed by atoms with Gasteiger partial charge in [0, 0.05) is 32.1 Å². The largest absolute Gasteiger partial charge is 0.437 e. The summed E-state index contributed by atoms with van der Waals surface area (Å²) in [6.07, 6.45) is 2.55. The van der Waals surface area contributed by atoms with Crippen LogP contribution in [0.5, 0.6) is 0 Å². The zero-order valence-electron chi connectivity index (χ0n) is 21.9. The number of nitrogens with zero attached hydrogens (tertiary/aromatic N) is 4. The number of amides is 1. The Balaban J connectivity index is 1.49. The van der Waals surface area contributed by atoms with Crippen molar-refractivity contribution in [3.05, 3.63) is 71.3 Å². The van der Waals surface area contributed by atoms with Crippen LogP contribution in [-0.4, -0.2) is 71.4 Å². The summed E-state index contributed by atoms with van der Waals surface area (Å²) >= 11 is 0. The van der Waals surface area contributed by atoms with Gasteiger partial charge in [0.25, 0.3) is 0 Å². The van der Waals surface area contributed by atoms with E-state index in [-0.39, 0.29) is 18.0 Å². The van der Waals surface area contributed by atoms with E-state index in [9.17, 15) is 15.1 Å². The summed E-state index contributed by atoms with van der Waals surface area (Å²) < 4.78 is 0. The van der Waals surface area contributed by atoms with Gasteiger partial charge in [-0.3, -0.25) is 9.69 Å². The molecule has 1 unspecified atom stereocenters. The summed E-state index contributed by atoms with van der Waals surface area (Å²) in [6, 6.07) is 20.9. The van der Waals surface area contributed by atoms with Gasteiger partial charge in [-0.25, -0.2) is 0 Å². The molecule has 0 radical (unpaired) electrons. The van der Waals surface area contributed by atoms with Crippen LogP contribution in [-0.2, 0) is 4.79 Å². The van der Waals surface area contributed by atoms with Gasteiger partial charge in [0.05, 0.1) is 17.7 Å². The number of nitriles is 1. The smallest absolute Gasteiger partial charge is 0.376 e. The molecule has 2 fully saturated rings. The molecular formula is C29H39BN4O2. The normalized spacial score (nSPS) is 20.8. The van der Waals surface area contributed by atoms with Crippen LogP contribution in [0.4, 0.5) is 0 Å². The summed E-state index contributed by atoms with van der Waals surface area (Å²) in [5, 5.41) is 19.1. The monoisotopic (exact) mass is 486 g/mol. The fourth-order valence-corrected chi connectivity index (χ4v) is 5.83. The van der Waals surface area contributed by atoms with Crippen LogP contribution >= 0.6 is 0 Å². The quantitative estimate of drug-likeness (QED) is 0.599. The Morgan fingerprint density at radius 3 is 2.25 bits per heavy atom. The minimum Gasteiger partial charge on any atom is -0.437 e. The first-order valence-corrected chi connectivity index (χ1v) is 13.4. The number of piperazine rings is 1. The number of hydrogen-bond donors (Lipinski definition) is 1. The van der Waals surface area contributed by atoms with Crippen molar-refractivity contribution in [2.75, 3.05) is 32.7 Å². The van der Waals surface area contributed by atoms with E-state index in [1.807, 2.05) is 25.0 Å². The third kappa shape index (κ3) is 6.18. The van der Waals surface area contributed by atoms with E-state index in [0.29, 0.717) is 23.8 Å². The van der Waals surface area contributed by atoms with Crippen molar-refractivity contribution in [2.45, 2.75) is 52.0 Å². The number of hydrogen-bond acceptors (Lipinski definition) is 5. The molecule has 1 amide bonds. The van der Waals surface area contributed by atoms with Gasteiger partial charge in [-0.05, 0) is 67.8 Å². The van der Waals surface area contributed by atoms with Crippen molar-refractivity contribution in [3.63, 3.8) is 0 Å². The summed E-state index contributed by atoms with van der Waals surface area (Å²) in [5.41, 5.74) is 3.07. The molecule has 2 aliphatic heterocycles. The van der Waals surface area contributed by atoms with Crippen LogP contribution in [0.2, 0.25) is 6.82 Å². The van der Waals surface area contributed by atoms with Crippen LogP contribution < -0.4 is 0 Å². The Kier molecular flexibility index (Phi) is 8.84. The van der Waals surface area contributed by atoms with Crippen LogP contribution in [0.3, 0.4) is 0 Å². The van der Waals surface area contributed by atoms with Crippen molar-refractivity contribution in [1.82, 2.24) is 14.6 Å². The second-order valence-electron chi connectivity index (χ2n) is 10.8. The molecule has 2 atom stereocenters. The van der Waals surface area contributed by atoms with Crippen molar-refractivity contribution in [3.8, 4) is 6.07 Å². The maximum Gasteiger partial charge on any atom is 0.376 e. The SMILES string of the molecule is CB(O)N1CCC(CC(=O)N2CCN(C(c3ccccc3)c3ccc(C#N)cc3)C[C@@H]2C(C)C)CC1. The molecule has 2 aromatic rings. The minimum atomic E-state index is -0.409. The predicted octanol–water partition coefficient (Wildman–Crippen LogP) is 4.03. The molecule has 1 N–H and O–H groups in total. The average Bonchev–Trinajstić information content (AvgIpc) is 2.90. The van der Waals surface area contributed by atoms with Crippen LogP contribution in [0.25, 0.3) is 0 Å². The zero-order valence-corrected chi connectivity index (χ0v) is 21.9. The molecule has 0 bridgehead atoms. The topological polar surface area (TPSA) is 70.8 Å². The minimum absolute atomic E-state index is 0.0854. The number of piperidine rings is 1.